The molecule has 30 heavy (non-hydrogen) atoms. The average molecular weight is 410 g/mol. The van der Waals surface area contributed by atoms with Crippen molar-refractivity contribution in [2.45, 2.75) is 19.8 Å². The van der Waals surface area contributed by atoms with E-state index in [9.17, 15) is 14.4 Å². The van der Waals surface area contributed by atoms with E-state index in [1.807, 2.05) is 41.4 Å². The minimum Gasteiger partial charge on any atom is -0.493 e. The van der Waals surface area contributed by atoms with Crippen LogP contribution in [0.4, 0.5) is 5.82 Å². The number of hydrogen-bond acceptors (Lipinski definition) is 7. The van der Waals surface area contributed by atoms with Crippen LogP contribution in [0.3, 0.4) is 0 Å². The Morgan fingerprint density at radius 1 is 1.23 bits per heavy atom. The number of benzene rings is 2. The van der Waals surface area contributed by atoms with Crippen molar-refractivity contribution in [1.82, 2.24) is 20.6 Å². The lowest BCUT2D eigenvalue weighted by Crippen LogP contribution is -2.31. The normalized spacial score (nSPS) is 11.0. The van der Waals surface area contributed by atoms with E-state index in [0.29, 0.717) is 12.4 Å². The summed E-state index contributed by atoms with van der Waals surface area (Å²) in [5, 5.41) is 14.1. The Labute approximate surface area is 171 Å². The van der Waals surface area contributed by atoms with Crippen LogP contribution in [0.25, 0.3) is 10.8 Å². The number of nitrogens with zero attached hydrogens (tertiary/aromatic N) is 2. The fraction of sp³-hybridized carbons (Fsp3) is 0.250. The molecule has 10 nitrogen and oxygen atoms in total. The van der Waals surface area contributed by atoms with Gasteiger partial charge in [-0.05, 0) is 23.3 Å². The number of ether oxygens (including phenoxy) is 1. The number of hydrazone groups is 1. The number of aromatic nitrogens is 3. The van der Waals surface area contributed by atoms with E-state index < -0.39 is 17.2 Å². The van der Waals surface area contributed by atoms with Gasteiger partial charge in [0.25, 0.3) is 11.5 Å². The molecule has 0 fully saturated rings. The van der Waals surface area contributed by atoms with Crippen LogP contribution in [0.5, 0.6) is 5.75 Å². The summed E-state index contributed by atoms with van der Waals surface area (Å²) >= 11 is 0. The number of nitrogens with one attached hydrogen (secondary N) is 4. The van der Waals surface area contributed by atoms with Crippen molar-refractivity contribution >= 4 is 28.7 Å². The molecule has 0 saturated heterocycles. The zero-order valence-electron chi connectivity index (χ0n) is 16.4. The Bertz CT molecular complexity index is 1170. The zero-order valence-corrected chi connectivity index (χ0v) is 16.4. The Balaban J connectivity index is 1.69. The number of rotatable bonds is 9. The van der Waals surface area contributed by atoms with Gasteiger partial charge in [0.05, 0.1) is 19.4 Å². The van der Waals surface area contributed by atoms with Gasteiger partial charge in [0, 0.05) is 5.56 Å². The number of aromatic amines is 2. The Morgan fingerprint density at radius 2 is 2.07 bits per heavy atom. The number of carbonyl (C=O) groups is 1. The van der Waals surface area contributed by atoms with Gasteiger partial charge in [0.1, 0.15) is 5.75 Å². The highest BCUT2D eigenvalue weighted by atomic mass is 16.5. The molecule has 0 aliphatic carbocycles. The average Bonchev–Trinajstić information content (AvgIpc) is 2.74. The summed E-state index contributed by atoms with van der Waals surface area (Å²) in [6.07, 6.45) is 3.49. The van der Waals surface area contributed by atoms with Crippen molar-refractivity contribution in [3.8, 4) is 5.75 Å². The lowest BCUT2D eigenvalue weighted by molar-refractivity contribution is -0.119. The number of anilines is 1. The number of amides is 1. The van der Waals surface area contributed by atoms with Gasteiger partial charge in [-0.3, -0.25) is 14.6 Å². The molecular weight excluding hydrogens is 388 g/mol. The Morgan fingerprint density at radius 3 is 2.87 bits per heavy atom. The molecule has 0 spiro atoms. The van der Waals surface area contributed by atoms with Crippen LogP contribution in [-0.4, -0.2) is 40.5 Å². The van der Waals surface area contributed by atoms with Crippen molar-refractivity contribution in [3.63, 3.8) is 0 Å². The molecule has 0 aliphatic heterocycles. The maximum Gasteiger partial charge on any atom is 0.342 e. The number of fused-ring (bicyclic) bond motifs is 1. The summed E-state index contributed by atoms with van der Waals surface area (Å²) in [6, 6.07) is 11.7. The van der Waals surface area contributed by atoms with Crippen molar-refractivity contribution in [2.75, 3.05) is 18.5 Å². The second-order valence-corrected chi connectivity index (χ2v) is 6.40. The lowest BCUT2D eigenvalue weighted by Gasteiger charge is -2.11. The number of H-pyrrole nitrogens is 2. The van der Waals surface area contributed by atoms with Gasteiger partial charge in [-0.15, -0.1) is 5.10 Å². The maximum atomic E-state index is 12.0. The van der Waals surface area contributed by atoms with E-state index in [2.05, 4.69) is 33.0 Å². The minimum atomic E-state index is -0.730. The van der Waals surface area contributed by atoms with E-state index in [-0.39, 0.29) is 12.4 Å². The second-order valence-electron chi connectivity index (χ2n) is 6.40. The molecule has 1 amide bonds. The Hall–Kier alpha value is -3.95. The molecular formula is C20H22N6O4. The molecule has 0 bridgehead atoms. The predicted octanol–water partition coefficient (Wildman–Crippen LogP) is 1.35. The van der Waals surface area contributed by atoms with Crippen molar-refractivity contribution < 1.29 is 9.53 Å². The van der Waals surface area contributed by atoms with Crippen LogP contribution in [0.2, 0.25) is 0 Å². The van der Waals surface area contributed by atoms with Crippen LogP contribution >= 0.6 is 0 Å². The van der Waals surface area contributed by atoms with Crippen molar-refractivity contribution in [1.29, 1.82) is 0 Å². The molecule has 10 heteroatoms. The van der Waals surface area contributed by atoms with Crippen LogP contribution in [0.1, 0.15) is 25.3 Å². The fourth-order valence-electron chi connectivity index (χ4n) is 2.70. The minimum absolute atomic E-state index is 0.172. The standard InChI is InChI=1S/C20H22N6O4/c1-2-3-10-30-16-9-8-13-6-4-5-7-14(13)15(16)11-22-24-17(27)12-21-18-19(28)23-20(29)26-25-18/h4-9,11H,2-3,10,12H2,1H3,(H,21,25)(H,24,27)(H2,23,26,28,29)/b22-11+. The smallest absolute Gasteiger partial charge is 0.342 e. The molecule has 3 aromatic rings. The first-order valence-corrected chi connectivity index (χ1v) is 9.48. The third-order valence-electron chi connectivity index (χ3n) is 4.20. The first-order chi connectivity index (χ1) is 14.6. The van der Waals surface area contributed by atoms with Crippen molar-refractivity contribution in [3.05, 3.63) is 62.8 Å². The largest absolute Gasteiger partial charge is 0.493 e. The molecule has 0 aliphatic rings. The summed E-state index contributed by atoms with van der Waals surface area (Å²) in [6.45, 7) is 2.42. The lowest BCUT2D eigenvalue weighted by atomic mass is 10.0. The molecule has 3 rings (SSSR count). The van der Waals surface area contributed by atoms with E-state index >= 15 is 0 Å². The summed E-state index contributed by atoms with van der Waals surface area (Å²) in [5.41, 5.74) is 1.70. The summed E-state index contributed by atoms with van der Waals surface area (Å²) in [5.74, 6) is 0.0176. The van der Waals surface area contributed by atoms with Gasteiger partial charge in [0.15, 0.2) is 0 Å². The van der Waals surface area contributed by atoms with Crippen LogP contribution in [-0.2, 0) is 4.79 Å². The van der Waals surface area contributed by atoms with E-state index in [1.54, 1.807) is 0 Å². The maximum absolute atomic E-state index is 12.0. The molecule has 156 valence electrons. The molecule has 1 aromatic heterocycles. The van der Waals surface area contributed by atoms with Crippen molar-refractivity contribution in [2.24, 2.45) is 5.10 Å². The third-order valence-corrected chi connectivity index (χ3v) is 4.20. The first kappa shape index (κ1) is 20.8. The molecule has 1 heterocycles. The van der Waals surface area contributed by atoms with Crippen LogP contribution in [0.15, 0.2) is 51.1 Å². The topological polar surface area (TPSA) is 141 Å². The van der Waals surface area contributed by atoms with Gasteiger partial charge in [-0.1, -0.05) is 43.7 Å². The third kappa shape index (κ3) is 5.31. The highest BCUT2D eigenvalue weighted by Crippen LogP contribution is 2.26. The zero-order chi connectivity index (χ0) is 21.3. The molecule has 0 saturated carbocycles. The highest BCUT2D eigenvalue weighted by Gasteiger charge is 2.08. The summed E-state index contributed by atoms with van der Waals surface area (Å²) < 4.78 is 5.88. The first-order valence-electron chi connectivity index (χ1n) is 9.48. The van der Waals surface area contributed by atoms with Gasteiger partial charge < -0.3 is 10.1 Å². The quantitative estimate of drug-likeness (QED) is 0.238. The molecule has 4 N–H and O–H groups in total. The summed E-state index contributed by atoms with van der Waals surface area (Å²) in [4.78, 5) is 36.5. The van der Waals surface area contributed by atoms with Gasteiger partial charge in [0.2, 0.25) is 5.82 Å². The predicted molar refractivity (Wildman–Crippen MR) is 114 cm³/mol. The van der Waals surface area contributed by atoms with Crippen LogP contribution < -0.4 is 26.7 Å². The number of unbranched alkanes of at least 4 members (excludes halogenated alkanes) is 1. The molecule has 0 radical (unpaired) electrons. The van der Waals surface area contributed by atoms with Gasteiger partial charge >= 0.3 is 5.69 Å². The van der Waals surface area contributed by atoms with E-state index in [0.717, 1.165) is 29.2 Å². The number of hydrogen-bond donors (Lipinski definition) is 4. The number of carbonyl (C=O) groups excluding carboxylic acids is 1. The monoisotopic (exact) mass is 410 g/mol. The molecule has 0 atom stereocenters. The summed E-state index contributed by atoms with van der Waals surface area (Å²) in [7, 11) is 0. The van der Waals surface area contributed by atoms with Gasteiger partial charge in [-0.25, -0.2) is 15.3 Å². The highest BCUT2D eigenvalue weighted by molar-refractivity contribution is 6.02. The SMILES string of the molecule is CCCCOc1ccc2ccccc2c1/C=N/NC(=O)CNc1n[nH]c(=O)[nH]c1=O. The Kier molecular flexibility index (Phi) is 6.93. The van der Waals surface area contributed by atoms with E-state index in [4.69, 9.17) is 4.74 Å². The van der Waals surface area contributed by atoms with Crippen LogP contribution in [0, 0.1) is 0 Å². The second kappa shape index (κ2) is 10.0. The van der Waals surface area contributed by atoms with Gasteiger partial charge in [-0.2, -0.15) is 5.10 Å². The fourth-order valence-corrected chi connectivity index (χ4v) is 2.70. The molecule has 2 aromatic carbocycles. The molecule has 0 unspecified atom stereocenters. The van der Waals surface area contributed by atoms with E-state index in [1.165, 1.54) is 6.21 Å².